The molecule has 5 heteroatoms. The lowest BCUT2D eigenvalue weighted by Gasteiger charge is -2.13. The number of nitrogen functional groups attached to an aromatic ring is 1. The Bertz CT molecular complexity index is 577. The molecule has 2 rings (SSSR count). The summed E-state index contributed by atoms with van der Waals surface area (Å²) >= 11 is 1.54. The zero-order valence-electron chi connectivity index (χ0n) is 11.9. The number of thioether (sulfide) groups is 1. The highest BCUT2D eigenvalue weighted by Crippen LogP contribution is 2.29. The van der Waals surface area contributed by atoms with Crippen molar-refractivity contribution in [3.8, 4) is 11.5 Å². The lowest BCUT2D eigenvalue weighted by atomic mass is 10.3. The van der Waals surface area contributed by atoms with Gasteiger partial charge in [0.25, 0.3) is 0 Å². The lowest BCUT2D eigenvalue weighted by Crippen LogP contribution is -2.20. The van der Waals surface area contributed by atoms with Gasteiger partial charge in [-0.15, -0.1) is 11.8 Å². The van der Waals surface area contributed by atoms with Crippen molar-refractivity contribution in [2.75, 3.05) is 25.2 Å². The first-order valence-electron chi connectivity index (χ1n) is 6.61. The number of anilines is 1. The molecule has 0 aliphatic rings. The molecule has 2 aromatic rings. The Morgan fingerprint density at radius 1 is 1.19 bits per heavy atom. The van der Waals surface area contributed by atoms with Crippen molar-refractivity contribution in [1.82, 2.24) is 0 Å². The highest BCUT2D eigenvalue weighted by Gasteiger charge is 2.09. The number of aliphatic hydroxyl groups is 1. The van der Waals surface area contributed by atoms with Crippen LogP contribution in [0.25, 0.3) is 0 Å². The van der Waals surface area contributed by atoms with Crippen molar-refractivity contribution in [3.05, 3.63) is 48.5 Å². The summed E-state index contributed by atoms with van der Waals surface area (Å²) in [5.41, 5.74) is 6.31. The SMILES string of the molecule is COc1ccccc1SCC(O)COc1cccc(N)c1. The van der Waals surface area contributed by atoms with Crippen LogP contribution in [0.15, 0.2) is 53.4 Å². The van der Waals surface area contributed by atoms with E-state index in [9.17, 15) is 5.11 Å². The van der Waals surface area contributed by atoms with Crippen LogP contribution in [-0.2, 0) is 0 Å². The molecule has 0 saturated carbocycles. The number of rotatable bonds is 7. The van der Waals surface area contributed by atoms with E-state index in [1.165, 1.54) is 11.8 Å². The van der Waals surface area contributed by atoms with Crippen molar-refractivity contribution >= 4 is 17.4 Å². The summed E-state index contributed by atoms with van der Waals surface area (Å²) in [4.78, 5) is 1.00. The molecule has 0 aliphatic carbocycles. The normalized spacial score (nSPS) is 11.9. The van der Waals surface area contributed by atoms with Gasteiger partial charge in [0.05, 0.1) is 13.2 Å². The summed E-state index contributed by atoms with van der Waals surface area (Å²) in [6, 6.07) is 14.9. The zero-order valence-corrected chi connectivity index (χ0v) is 12.7. The molecule has 0 bridgehead atoms. The van der Waals surface area contributed by atoms with Crippen molar-refractivity contribution in [1.29, 1.82) is 0 Å². The molecule has 1 atom stereocenters. The maximum atomic E-state index is 9.99. The fourth-order valence-corrected chi connectivity index (χ4v) is 2.71. The molecule has 0 amide bonds. The van der Waals surface area contributed by atoms with E-state index in [0.717, 1.165) is 10.6 Å². The van der Waals surface area contributed by atoms with Gasteiger partial charge < -0.3 is 20.3 Å². The molecular formula is C16H19NO3S. The van der Waals surface area contributed by atoms with E-state index in [1.807, 2.05) is 36.4 Å². The van der Waals surface area contributed by atoms with E-state index in [1.54, 1.807) is 19.2 Å². The predicted octanol–water partition coefficient (Wildman–Crippen LogP) is 2.81. The van der Waals surface area contributed by atoms with Crippen LogP contribution in [0.1, 0.15) is 0 Å². The van der Waals surface area contributed by atoms with E-state index in [2.05, 4.69) is 0 Å². The third-order valence-electron chi connectivity index (χ3n) is 2.80. The highest BCUT2D eigenvalue weighted by atomic mass is 32.2. The molecule has 112 valence electrons. The fraction of sp³-hybridized carbons (Fsp3) is 0.250. The number of nitrogens with two attached hydrogens (primary N) is 1. The predicted molar refractivity (Wildman–Crippen MR) is 86.1 cm³/mol. The molecule has 0 heterocycles. The molecular weight excluding hydrogens is 286 g/mol. The Balaban J connectivity index is 1.81. The monoisotopic (exact) mass is 305 g/mol. The number of para-hydroxylation sites is 1. The van der Waals surface area contributed by atoms with Gasteiger partial charge in [0, 0.05) is 22.4 Å². The van der Waals surface area contributed by atoms with Crippen LogP contribution >= 0.6 is 11.8 Å². The largest absolute Gasteiger partial charge is 0.496 e. The molecule has 0 radical (unpaired) electrons. The number of hydrogen-bond acceptors (Lipinski definition) is 5. The second-order valence-electron chi connectivity index (χ2n) is 4.50. The number of methoxy groups -OCH3 is 1. The Hall–Kier alpha value is -1.85. The average Bonchev–Trinajstić information content (AvgIpc) is 2.51. The van der Waals surface area contributed by atoms with Crippen molar-refractivity contribution in [2.45, 2.75) is 11.0 Å². The summed E-state index contributed by atoms with van der Waals surface area (Å²) in [5.74, 6) is 2.01. The smallest absolute Gasteiger partial charge is 0.132 e. The van der Waals surface area contributed by atoms with Crippen LogP contribution < -0.4 is 15.2 Å². The highest BCUT2D eigenvalue weighted by molar-refractivity contribution is 7.99. The maximum Gasteiger partial charge on any atom is 0.132 e. The molecule has 0 aromatic heterocycles. The maximum absolute atomic E-state index is 9.99. The standard InChI is InChI=1S/C16H19NO3S/c1-19-15-7-2-3-8-16(15)21-11-13(18)10-20-14-6-4-5-12(17)9-14/h2-9,13,18H,10-11,17H2,1H3. The molecule has 3 N–H and O–H groups in total. The first-order chi connectivity index (χ1) is 10.2. The van der Waals surface area contributed by atoms with Crippen LogP contribution in [0.5, 0.6) is 11.5 Å². The molecule has 0 fully saturated rings. The molecule has 2 aromatic carbocycles. The van der Waals surface area contributed by atoms with Crippen LogP contribution in [0.2, 0.25) is 0 Å². The van der Waals surface area contributed by atoms with E-state index in [0.29, 0.717) is 17.2 Å². The van der Waals surface area contributed by atoms with E-state index >= 15 is 0 Å². The Morgan fingerprint density at radius 2 is 2.00 bits per heavy atom. The van der Waals surface area contributed by atoms with Gasteiger partial charge in [0.1, 0.15) is 18.1 Å². The van der Waals surface area contributed by atoms with Gasteiger partial charge in [-0.2, -0.15) is 0 Å². The van der Waals surface area contributed by atoms with Crippen LogP contribution in [-0.4, -0.2) is 30.7 Å². The van der Waals surface area contributed by atoms with Gasteiger partial charge in [-0.3, -0.25) is 0 Å². The van der Waals surface area contributed by atoms with Crippen molar-refractivity contribution < 1.29 is 14.6 Å². The van der Waals surface area contributed by atoms with Crippen LogP contribution in [0.3, 0.4) is 0 Å². The summed E-state index contributed by atoms with van der Waals surface area (Å²) in [5, 5.41) is 9.99. The minimum atomic E-state index is -0.568. The minimum absolute atomic E-state index is 0.228. The zero-order chi connectivity index (χ0) is 15.1. The minimum Gasteiger partial charge on any atom is -0.496 e. The topological polar surface area (TPSA) is 64.7 Å². The van der Waals surface area contributed by atoms with Gasteiger partial charge in [0.2, 0.25) is 0 Å². The molecule has 0 aliphatic heterocycles. The van der Waals surface area contributed by atoms with Gasteiger partial charge in [-0.1, -0.05) is 18.2 Å². The molecule has 21 heavy (non-hydrogen) atoms. The Morgan fingerprint density at radius 3 is 2.76 bits per heavy atom. The summed E-state index contributed by atoms with van der Waals surface area (Å²) in [6.07, 6.45) is -0.568. The summed E-state index contributed by atoms with van der Waals surface area (Å²) in [7, 11) is 1.64. The second kappa shape index (κ2) is 7.81. The van der Waals surface area contributed by atoms with Gasteiger partial charge in [-0.05, 0) is 24.3 Å². The first kappa shape index (κ1) is 15.5. The average molecular weight is 305 g/mol. The summed E-state index contributed by atoms with van der Waals surface area (Å²) in [6.45, 7) is 0.228. The molecule has 0 saturated heterocycles. The number of hydrogen-bond donors (Lipinski definition) is 2. The van der Waals surface area contributed by atoms with Crippen LogP contribution in [0.4, 0.5) is 5.69 Å². The third kappa shape index (κ3) is 4.88. The van der Waals surface area contributed by atoms with E-state index in [4.69, 9.17) is 15.2 Å². The first-order valence-corrected chi connectivity index (χ1v) is 7.60. The Kier molecular flexibility index (Phi) is 5.78. The summed E-state index contributed by atoms with van der Waals surface area (Å²) < 4.78 is 10.8. The number of ether oxygens (including phenoxy) is 2. The molecule has 4 nitrogen and oxygen atoms in total. The van der Waals surface area contributed by atoms with Gasteiger partial charge in [-0.25, -0.2) is 0 Å². The quantitative estimate of drug-likeness (QED) is 0.608. The Labute approximate surface area is 128 Å². The van der Waals surface area contributed by atoms with Crippen LogP contribution in [0, 0.1) is 0 Å². The molecule has 0 spiro atoms. The van der Waals surface area contributed by atoms with E-state index in [-0.39, 0.29) is 6.61 Å². The number of aliphatic hydroxyl groups excluding tert-OH is 1. The van der Waals surface area contributed by atoms with Gasteiger partial charge >= 0.3 is 0 Å². The second-order valence-corrected chi connectivity index (χ2v) is 5.56. The fourth-order valence-electron chi connectivity index (χ4n) is 1.77. The van der Waals surface area contributed by atoms with Crippen molar-refractivity contribution in [3.63, 3.8) is 0 Å². The van der Waals surface area contributed by atoms with Gasteiger partial charge in [0.15, 0.2) is 0 Å². The third-order valence-corrected chi connectivity index (χ3v) is 4.00. The molecule has 1 unspecified atom stereocenters. The van der Waals surface area contributed by atoms with Crippen molar-refractivity contribution in [2.24, 2.45) is 0 Å². The van der Waals surface area contributed by atoms with E-state index < -0.39 is 6.10 Å². The number of benzene rings is 2. The lowest BCUT2D eigenvalue weighted by molar-refractivity contribution is 0.126.